The van der Waals surface area contributed by atoms with Gasteiger partial charge in [0, 0.05) is 16.9 Å². The molecule has 0 radical (unpaired) electrons. The SMILES string of the molecule is CC(C)C(NCc1nc(C(C)(C)C)co1)C1(CO)CCC1. The Bertz CT molecular complexity index is 450. The standard InChI is InChI=1S/C17H30N2O2/c1-12(2)15(17(11-20)7-6-8-17)18-9-14-19-13(10-21-14)16(3,4)5/h10,12,15,18,20H,6-9,11H2,1-5H3. The van der Waals surface area contributed by atoms with Crippen LogP contribution in [0.25, 0.3) is 0 Å². The summed E-state index contributed by atoms with van der Waals surface area (Å²) in [6.45, 7) is 11.7. The molecule has 4 heteroatoms. The molecular weight excluding hydrogens is 264 g/mol. The third-order valence-electron chi connectivity index (χ3n) is 4.78. The first kappa shape index (κ1) is 16.5. The Morgan fingerprint density at radius 2 is 2.05 bits per heavy atom. The van der Waals surface area contributed by atoms with Crippen LogP contribution in [-0.4, -0.2) is 22.7 Å². The second kappa shape index (κ2) is 6.09. The summed E-state index contributed by atoms with van der Waals surface area (Å²) in [6, 6.07) is 0.307. The topological polar surface area (TPSA) is 58.3 Å². The van der Waals surface area contributed by atoms with E-state index in [0.717, 1.165) is 24.4 Å². The van der Waals surface area contributed by atoms with Crippen molar-refractivity contribution in [2.75, 3.05) is 6.61 Å². The van der Waals surface area contributed by atoms with Gasteiger partial charge in [-0.25, -0.2) is 4.98 Å². The second-order valence-electron chi connectivity index (χ2n) is 7.85. The summed E-state index contributed by atoms with van der Waals surface area (Å²) in [5.41, 5.74) is 1.05. The average Bonchev–Trinajstić information content (AvgIpc) is 2.80. The fraction of sp³-hybridized carbons (Fsp3) is 0.824. The van der Waals surface area contributed by atoms with Gasteiger partial charge in [-0.15, -0.1) is 0 Å². The zero-order chi connectivity index (χ0) is 15.7. The van der Waals surface area contributed by atoms with Crippen LogP contribution in [0.5, 0.6) is 0 Å². The molecule has 0 aromatic carbocycles. The number of aliphatic hydroxyl groups excluding tert-OH is 1. The van der Waals surface area contributed by atoms with Crippen LogP contribution in [0.15, 0.2) is 10.7 Å². The maximum absolute atomic E-state index is 9.78. The molecule has 1 saturated carbocycles. The minimum absolute atomic E-state index is 0.0134. The van der Waals surface area contributed by atoms with Gasteiger partial charge >= 0.3 is 0 Å². The van der Waals surface area contributed by atoms with E-state index >= 15 is 0 Å². The van der Waals surface area contributed by atoms with E-state index in [1.165, 1.54) is 6.42 Å². The molecule has 4 nitrogen and oxygen atoms in total. The van der Waals surface area contributed by atoms with Crippen molar-refractivity contribution in [1.29, 1.82) is 0 Å². The van der Waals surface area contributed by atoms with Gasteiger partial charge < -0.3 is 14.8 Å². The highest BCUT2D eigenvalue weighted by Crippen LogP contribution is 2.45. The molecule has 2 rings (SSSR count). The molecule has 0 saturated heterocycles. The van der Waals surface area contributed by atoms with Crippen LogP contribution in [0, 0.1) is 11.3 Å². The van der Waals surface area contributed by atoms with Gasteiger partial charge in [-0.3, -0.25) is 0 Å². The Kier molecular flexibility index (Phi) is 4.79. The monoisotopic (exact) mass is 294 g/mol. The van der Waals surface area contributed by atoms with Crippen LogP contribution < -0.4 is 5.32 Å². The average molecular weight is 294 g/mol. The molecule has 120 valence electrons. The number of aromatic nitrogens is 1. The van der Waals surface area contributed by atoms with Crippen LogP contribution in [0.2, 0.25) is 0 Å². The van der Waals surface area contributed by atoms with E-state index in [4.69, 9.17) is 4.42 Å². The molecule has 1 aliphatic rings. The molecule has 0 aliphatic heterocycles. The van der Waals surface area contributed by atoms with Crippen molar-refractivity contribution in [3.8, 4) is 0 Å². The molecule has 2 N–H and O–H groups in total. The first-order valence-corrected chi connectivity index (χ1v) is 8.08. The van der Waals surface area contributed by atoms with Crippen LogP contribution in [0.1, 0.15) is 65.5 Å². The number of oxazole rings is 1. The Balaban J connectivity index is 2.01. The van der Waals surface area contributed by atoms with E-state index < -0.39 is 0 Å². The van der Waals surface area contributed by atoms with Gasteiger partial charge in [0.1, 0.15) is 6.26 Å². The zero-order valence-corrected chi connectivity index (χ0v) is 14.1. The smallest absolute Gasteiger partial charge is 0.208 e. The van der Waals surface area contributed by atoms with Crippen LogP contribution >= 0.6 is 0 Å². The summed E-state index contributed by atoms with van der Waals surface area (Å²) < 4.78 is 5.58. The summed E-state index contributed by atoms with van der Waals surface area (Å²) in [7, 11) is 0. The molecule has 0 amide bonds. The van der Waals surface area contributed by atoms with Crippen LogP contribution in [0.3, 0.4) is 0 Å². The first-order chi connectivity index (χ1) is 9.78. The van der Waals surface area contributed by atoms with E-state index in [0.29, 0.717) is 18.5 Å². The van der Waals surface area contributed by atoms with Gasteiger partial charge in [-0.2, -0.15) is 0 Å². The van der Waals surface area contributed by atoms with Crippen LogP contribution in [-0.2, 0) is 12.0 Å². The predicted molar refractivity (Wildman–Crippen MR) is 84.0 cm³/mol. The third-order valence-corrected chi connectivity index (χ3v) is 4.78. The molecule has 1 unspecified atom stereocenters. The summed E-state index contributed by atoms with van der Waals surface area (Å²) in [5.74, 6) is 1.22. The molecule has 1 aliphatic carbocycles. The summed E-state index contributed by atoms with van der Waals surface area (Å²) in [5, 5.41) is 13.4. The first-order valence-electron chi connectivity index (χ1n) is 8.08. The highest BCUT2D eigenvalue weighted by molar-refractivity contribution is 5.08. The van der Waals surface area contributed by atoms with Crippen molar-refractivity contribution in [3.05, 3.63) is 17.8 Å². The van der Waals surface area contributed by atoms with E-state index in [1.54, 1.807) is 6.26 Å². The second-order valence-corrected chi connectivity index (χ2v) is 7.85. The van der Waals surface area contributed by atoms with Crippen molar-refractivity contribution in [2.24, 2.45) is 11.3 Å². The van der Waals surface area contributed by atoms with Crippen molar-refractivity contribution >= 4 is 0 Å². The van der Waals surface area contributed by atoms with Crippen molar-refractivity contribution in [2.45, 2.75) is 71.9 Å². The van der Waals surface area contributed by atoms with E-state index in [2.05, 4.69) is 44.9 Å². The molecule has 1 heterocycles. The molecule has 0 spiro atoms. The lowest BCUT2D eigenvalue weighted by atomic mass is 9.62. The molecule has 1 atom stereocenters. The molecule has 1 fully saturated rings. The van der Waals surface area contributed by atoms with Gasteiger partial charge in [0.05, 0.1) is 18.8 Å². The number of nitrogens with one attached hydrogen (secondary N) is 1. The lowest BCUT2D eigenvalue weighted by Crippen LogP contribution is -2.54. The number of nitrogens with zero attached hydrogens (tertiary/aromatic N) is 1. The number of hydrogen-bond acceptors (Lipinski definition) is 4. The summed E-state index contributed by atoms with van der Waals surface area (Å²) in [4.78, 5) is 4.57. The molecule has 1 aromatic rings. The number of hydrogen-bond donors (Lipinski definition) is 2. The van der Waals surface area contributed by atoms with Gasteiger partial charge in [0.15, 0.2) is 0 Å². The molecule has 0 bridgehead atoms. The Hall–Kier alpha value is -0.870. The molecule has 1 aromatic heterocycles. The molecule has 21 heavy (non-hydrogen) atoms. The fourth-order valence-electron chi connectivity index (χ4n) is 3.29. The van der Waals surface area contributed by atoms with E-state index in [-0.39, 0.29) is 17.4 Å². The lowest BCUT2D eigenvalue weighted by molar-refractivity contribution is -0.0108. The minimum Gasteiger partial charge on any atom is -0.447 e. The van der Waals surface area contributed by atoms with Gasteiger partial charge in [0.2, 0.25) is 5.89 Å². The normalized spacial score (nSPS) is 19.6. The van der Waals surface area contributed by atoms with E-state index in [9.17, 15) is 5.11 Å². The Labute approximate surface area is 128 Å². The molecular formula is C17H30N2O2. The van der Waals surface area contributed by atoms with Gasteiger partial charge in [0.25, 0.3) is 0 Å². The van der Waals surface area contributed by atoms with Crippen molar-refractivity contribution in [3.63, 3.8) is 0 Å². The summed E-state index contributed by atoms with van der Waals surface area (Å²) >= 11 is 0. The zero-order valence-electron chi connectivity index (χ0n) is 14.1. The predicted octanol–water partition coefficient (Wildman–Crippen LogP) is 3.25. The Morgan fingerprint density at radius 1 is 1.38 bits per heavy atom. The van der Waals surface area contributed by atoms with Crippen molar-refractivity contribution in [1.82, 2.24) is 10.3 Å². The minimum atomic E-state index is 0.0134. The maximum atomic E-state index is 9.78. The fourth-order valence-corrected chi connectivity index (χ4v) is 3.29. The summed E-state index contributed by atoms with van der Waals surface area (Å²) in [6.07, 6.45) is 5.20. The number of aliphatic hydroxyl groups is 1. The highest BCUT2D eigenvalue weighted by atomic mass is 16.3. The van der Waals surface area contributed by atoms with Gasteiger partial charge in [-0.05, 0) is 18.8 Å². The number of rotatable bonds is 6. The highest BCUT2D eigenvalue weighted by Gasteiger charge is 2.44. The van der Waals surface area contributed by atoms with Crippen molar-refractivity contribution < 1.29 is 9.52 Å². The van der Waals surface area contributed by atoms with Crippen LogP contribution in [0.4, 0.5) is 0 Å². The van der Waals surface area contributed by atoms with Gasteiger partial charge in [-0.1, -0.05) is 41.0 Å². The van der Waals surface area contributed by atoms with E-state index in [1.807, 2.05) is 0 Å². The largest absolute Gasteiger partial charge is 0.447 e. The third kappa shape index (κ3) is 3.49. The quantitative estimate of drug-likeness (QED) is 0.845. The lowest BCUT2D eigenvalue weighted by Gasteiger charge is -2.48. The Morgan fingerprint density at radius 3 is 2.43 bits per heavy atom. The maximum Gasteiger partial charge on any atom is 0.208 e.